The molecule has 1 unspecified atom stereocenters. The molecular weight excluding hydrogens is 316 g/mol. The maximum atomic E-state index is 12.5. The summed E-state index contributed by atoms with van der Waals surface area (Å²) in [4.78, 5) is 17.0. The van der Waals surface area contributed by atoms with E-state index in [0.717, 1.165) is 50.2 Å². The van der Waals surface area contributed by atoms with Crippen LogP contribution in [0.2, 0.25) is 0 Å². The molecule has 2 heterocycles. The Labute approximate surface area is 149 Å². The third-order valence-corrected chi connectivity index (χ3v) is 4.90. The number of nitrogens with zero attached hydrogens (tertiary/aromatic N) is 1. The van der Waals surface area contributed by atoms with Gasteiger partial charge in [-0.05, 0) is 43.9 Å². The van der Waals surface area contributed by atoms with Gasteiger partial charge in [0.15, 0.2) is 0 Å². The first-order valence-corrected chi connectivity index (χ1v) is 9.14. The second-order valence-electron chi connectivity index (χ2n) is 7.01. The van der Waals surface area contributed by atoms with E-state index in [2.05, 4.69) is 15.6 Å². The molecule has 2 aliphatic heterocycles. The number of nitrogens with two attached hydrogens (primary N) is 1. The molecule has 0 aliphatic carbocycles. The Kier molecular flexibility index (Phi) is 6.04. The van der Waals surface area contributed by atoms with Crippen molar-refractivity contribution in [3.05, 3.63) is 28.8 Å². The fourth-order valence-electron chi connectivity index (χ4n) is 3.15. The van der Waals surface area contributed by atoms with Crippen LogP contribution in [0.15, 0.2) is 17.1 Å². The number of amides is 1. The van der Waals surface area contributed by atoms with Crippen LogP contribution in [0, 0.1) is 12.8 Å². The molecule has 0 bridgehead atoms. The van der Waals surface area contributed by atoms with E-state index in [0.29, 0.717) is 23.7 Å². The summed E-state index contributed by atoms with van der Waals surface area (Å²) in [6, 6.07) is 3.68. The third-order valence-electron chi connectivity index (χ3n) is 4.90. The zero-order chi connectivity index (χ0) is 17.6. The van der Waals surface area contributed by atoms with Gasteiger partial charge in [0.05, 0.1) is 6.10 Å². The molecule has 6 heteroatoms. The van der Waals surface area contributed by atoms with Gasteiger partial charge < -0.3 is 21.1 Å². The maximum Gasteiger partial charge on any atom is 0.251 e. The zero-order valence-corrected chi connectivity index (χ0v) is 14.9. The Morgan fingerprint density at radius 3 is 2.96 bits per heavy atom. The number of ether oxygens (including phenoxy) is 1. The highest BCUT2D eigenvalue weighted by Gasteiger charge is 2.17. The Balaban J connectivity index is 1.62. The molecule has 1 amide bonds. The van der Waals surface area contributed by atoms with Gasteiger partial charge in [0.2, 0.25) is 0 Å². The molecule has 3 rings (SSSR count). The predicted molar refractivity (Wildman–Crippen MR) is 100 cm³/mol. The quantitative estimate of drug-likeness (QED) is 0.539. The molecule has 0 saturated carbocycles. The molecule has 25 heavy (non-hydrogen) atoms. The van der Waals surface area contributed by atoms with Crippen molar-refractivity contribution >= 4 is 17.8 Å². The fraction of sp³-hybridized carbons (Fsp3) is 0.579. The number of rotatable bonds is 6. The van der Waals surface area contributed by atoms with Crippen molar-refractivity contribution in [3.63, 3.8) is 0 Å². The first-order valence-electron chi connectivity index (χ1n) is 9.14. The van der Waals surface area contributed by atoms with Crippen molar-refractivity contribution in [2.45, 2.75) is 32.3 Å². The van der Waals surface area contributed by atoms with Crippen LogP contribution in [0.25, 0.3) is 0 Å². The molecule has 136 valence electrons. The lowest BCUT2D eigenvalue weighted by Gasteiger charge is -2.25. The fourth-order valence-corrected chi connectivity index (χ4v) is 3.15. The predicted octanol–water partition coefficient (Wildman–Crippen LogP) is 1.51. The van der Waals surface area contributed by atoms with Gasteiger partial charge in [0.25, 0.3) is 5.91 Å². The summed E-state index contributed by atoms with van der Waals surface area (Å²) in [7, 11) is 0. The molecule has 0 aromatic heterocycles. The third kappa shape index (κ3) is 4.80. The summed E-state index contributed by atoms with van der Waals surface area (Å²) in [6.45, 7) is 6.10. The topological polar surface area (TPSA) is 88.7 Å². The van der Waals surface area contributed by atoms with E-state index >= 15 is 0 Å². The lowest BCUT2D eigenvalue weighted by atomic mass is 10.0. The van der Waals surface area contributed by atoms with Crippen LogP contribution in [0.5, 0.6) is 0 Å². The minimum absolute atomic E-state index is 0.0792. The number of benzene rings is 1. The first-order chi connectivity index (χ1) is 12.1. The molecule has 0 radical (unpaired) electrons. The van der Waals surface area contributed by atoms with E-state index in [4.69, 9.17) is 10.5 Å². The average molecular weight is 344 g/mol. The monoisotopic (exact) mass is 344 g/mol. The Bertz CT molecular complexity index is 635. The summed E-state index contributed by atoms with van der Waals surface area (Å²) in [5.41, 5.74) is 9.07. The normalized spacial score (nSPS) is 21.2. The number of nitrogen functional groups attached to an aromatic ring is 1. The highest BCUT2D eigenvalue weighted by atomic mass is 16.5. The van der Waals surface area contributed by atoms with E-state index in [1.54, 1.807) is 6.21 Å². The molecule has 0 spiro atoms. The van der Waals surface area contributed by atoms with Crippen molar-refractivity contribution in [1.82, 2.24) is 10.6 Å². The van der Waals surface area contributed by atoms with Crippen LogP contribution in [-0.4, -0.2) is 51.0 Å². The Hall–Kier alpha value is -1.92. The van der Waals surface area contributed by atoms with Gasteiger partial charge in [0, 0.05) is 61.7 Å². The van der Waals surface area contributed by atoms with Crippen LogP contribution in [0.4, 0.5) is 5.69 Å². The second kappa shape index (κ2) is 8.45. The van der Waals surface area contributed by atoms with E-state index in [9.17, 15) is 4.79 Å². The average Bonchev–Trinajstić information content (AvgIpc) is 2.57. The van der Waals surface area contributed by atoms with E-state index in [-0.39, 0.29) is 12.0 Å². The number of carbonyl (C=O) groups excluding carboxylic acids is 1. The van der Waals surface area contributed by atoms with Crippen LogP contribution in [-0.2, 0) is 4.74 Å². The molecule has 2 aliphatic rings. The molecule has 1 aromatic rings. The van der Waals surface area contributed by atoms with Crippen molar-refractivity contribution in [2.24, 2.45) is 10.9 Å². The number of carbonyl (C=O) groups is 1. The highest BCUT2D eigenvalue weighted by Crippen LogP contribution is 2.18. The van der Waals surface area contributed by atoms with E-state index in [1.807, 2.05) is 19.1 Å². The SMILES string of the molecule is Cc1cc(N)c(C=NCC2CNC2)cc1C(=O)NCC1CCCCO1. The molecule has 2 fully saturated rings. The highest BCUT2D eigenvalue weighted by molar-refractivity contribution is 5.99. The molecular formula is C19H28N4O2. The second-order valence-corrected chi connectivity index (χ2v) is 7.01. The first kappa shape index (κ1) is 17.9. The number of hydrogen-bond acceptors (Lipinski definition) is 5. The van der Waals surface area contributed by atoms with E-state index in [1.165, 1.54) is 6.42 Å². The molecule has 1 atom stereocenters. The number of hydrogen-bond donors (Lipinski definition) is 3. The number of anilines is 1. The van der Waals surface area contributed by atoms with Gasteiger partial charge in [-0.3, -0.25) is 9.79 Å². The van der Waals surface area contributed by atoms with Crippen molar-refractivity contribution in [2.75, 3.05) is 38.5 Å². The van der Waals surface area contributed by atoms with Gasteiger partial charge in [-0.25, -0.2) is 0 Å². The summed E-state index contributed by atoms with van der Waals surface area (Å²) in [5, 5.41) is 6.22. The standard InChI is InChI=1S/C19H28N4O2/c1-13-6-18(20)15(11-22-10-14-8-21-9-14)7-17(13)19(24)23-12-16-4-2-3-5-25-16/h6-7,11,14,16,21H,2-5,8-10,12,20H2,1H3,(H,23,24). The van der Waals surface area contributed by atoms with Crippen molar-refractivity contribution in [3.8, 4) is 0 Å². The van der Waals surface area contributed by atoms with E-state index < -0.39 is 0 Å². The van der Waals surface area contributed by atoms with Gasteiger partial charge in [-0.15, -0.1) is 0 Å². The van der Waals surface area contributed by atoms with Crippen molar-refractivity contribution in [1.29, 1.82) is 0 Å². The summed E-state index contributed by atoms with van der Waals surface area (Å²) in [5.74, 6) is 0.533. The number of aryl methyl sites for hydroxylation is 1. The molecule has 6 nitrogen and oxygen atoms in total. The smallest absolute Gasteiger partial charge is 0.251 e. The van der Waals surface area contributed by atoms with Crippen molar-refractivity contribution < 1.29 is 9.53 Å². The molecule has 4 N–H and O–H groups in total. The van der Waals surface area contributed by atoms with Gasteiger partial charge >= 0.3 is 0 Å². The zero-order valence-electron chi connectivity index (χ0n) is 14.9. The number of nitrogens with one attached hydrogen (secondary N) is 2. The largest absolute Gasteiger partial charge is 0.398 e. The summed E-state index contributed by atoms with van der Waals surface area (Å²) in [6.07, 6.45) is 5.20. The Morgan fingerprint density at radius 2 is 2.28 bits per heavy atom. The van der Waals surface area contributed by atoms with Gasteiger partial charge in [-0.1, -0.05) is 0 Å². The molecule has 1 aromatic carbocycles. The molecule has 2 saturated heterocycles. The Morgan fingerprint density at radius 1 is 1.44 bits per heavy atom. The van der Waals surface area contributed by atoms with Crippen LogP contribution in [0.1, 0.15) is 40.7 Å². The number of aliphatic imine (C=N–C) groups is 1. The summed E-state index contributed by atoms with van der Waals surface area (Å²) < 4.78 is 5.67. The minimum atomic E-state index is -0.0792. The van der Waals surface area contributed by atoms with Crippen LogP contribution < -0.4 is 16.4 Å². The van der Waals surface area contributed by atoms with Crippen LogP contribution >= 0.6 is 0 Å². The van der Waals surface area contributed by atoms with Gasteiger partial charge in [0.1, 0.15) is 0 Å². The summed E-state index contributed by atoms with van der Waals surface area (Å²) >= 11 is 0. The van der Waals surface area contributed by atoms with Gasteiger partial charge in [-0.2, -0.15) is 0 Å². The van der Waals surface area contributed by atoms with Crippen LogP contribution in [0.3, 0.4) is 0 Å². The lowest BCUT2D eigenvalue weighted by molar-refractivity contribution is 0.0169. The lowest BCUT2D eigenvalue weighted by Crippen LogP contribution is -2.43. The maximum absolute atomic E-state index is 12.5. The minimum Gasteiger partial charge on any atom is -0.398 e.